The standard InChI is InChI=1S/C32H32N2O5/c1-19-17-20(2)26-24(18-19)39-30(22-12-14-23(37-3)15-13-22)27(21-9-6-5-7-10-21)28(29(35)38-4)32(36)31(26,30)33-25-11-8-16-34(25)32/h5-7,9-10,12-15,17-18,27-28,36H,8,11,16H2,1-4H3/t27-,28+,30+,31-,32-/m1/s1. The summed E-state index contributed by atoms with van der Waals surface area (Å²) in [6.45, 7) is 4.69. The zero-order valence-corrected chi connectivity index (χ0v) is 22.6. The summed E-state index contributed by atoms with van der Waals surface area (Å²) in [5, 5.41) is 13.3. The van der Waals surface area contributed by atoms with E-state index < -0.39 is 34.7 Å². The van der Waals surface area contributed by atoms with E-state index in [0.29, 0.717) is 18.0 Å². The van der Waals surface area contributed by atoms with E-state index in [1.807, 2.05) is 79.4 Å². The lowest BCUT2D eigenvalue weighted by atomic mass is 9.67. The number of benzene rings is 3. The van der Waals surface area contributed by atoms with Crippen molar-refractivity contribution in [2.45, 2.75) is 49.5 Å². The van der Waals surface area contributed by atoms with Crippen LogP contribution in [0.5, 0.6) is 11.5 Å². The number of aryl methyl sites for hydroxylation is 2. The minimum absolute atomic E-state index is 0.480. The Morgan fingerprint density at radius 1 is 1.08 bits per heavy atom. The second kappa shape index (κ2) is 8.09. The van der Waals surface area contributed by atoms with Gasteiger partial charge in [-0.1, -0.05) is 48.5 Å². The van der Waals surface area contributed by atoms with Crippen LogP contribution in [0.15, 0.2) is 71.7 Å². The van der Waals surface area contributed by atoms with Gasteiger partial charge >= 0.3 is 5.97 Å². The molecule has 1 N–H and O–H groups in total. The number of rotatable bonds is 4. The summed E-state index contributed by atoms with van der Waals surface area (Å²) in [4.78, 5) is 21.4. The molecule has 7 rings (SSSR count). The fourth-order valence-electron chi connectivity index (χ4n) is 8.07. The van der Waals surface area contributed by atoms with Crippen LogP contribution < -0.4 is 9.47 Å². The fourth-order valence-corrected chi connectivity index (χ4v) is 8.07. The minimum Gasteiger partial charge on any atom is -0.497 e. The zero-order chi connectivity index (χ0) is 27.2. The third-order valence-corrected chi connectivity index (χ3v) is 9.29. The van der Waals surface area contributed by atoms with Crippen molar-refractivity contribution in [2.24, 2.45) is 10.9 Å². The lowest BCUT2D eigenvalue weighted by Crippen LogP contribution is -2.62. The first-order chi connectivity index (χ1) is 18.8. The van der Waals surface area contributed by atoms with Crippen LogP contribution in [0.3, 0.4) is 0 Å². The van der Waals surface area contributed by atoms with E-state index in [9.17, 15) is 9.90 Å². The van der Waals surface area contributed by atoms with E-state index in [1.54, 1.807) is 7.11 Å². The maximum atomic E-state index is 14.0. The van der Waals surface area contributed by atoms with Crippen LogP contribution in [-0.2, 0) is 20.7 Å². The number of aliphatic imine (C=N–C) groups is 1. The van der Waals surface area contributed by atoms with Gasteiger partial charge in [0, 0.05) is 24.4 Å². The van der Waals surface area contributed by atoms with Crippen molar-refractivity contribution >= 4 is 11.8 Å². The van der Waals surface area contributed by atoms with Gasteiger partial charge < -0.3 is 24.2 Å². The molecule has 1 spiro atoms. The van der Waals surface area contributed by atoms with Crippen molar-refractivity contribution in [1.29, 1.82) is 0 Å². The quantitative estimate of drug-likeness (QED) is 0.504. The van der Waals surface area contributed by atoms with E-state index in [2.05, 4.69) is 6.07 Å². The first-order valence-corrected chi connectivity index (χ1v) is 13.5. The predicted molar refractivity (Wildman–Crippen MR) is 146 cm³/mol. The van der Waals surface area contributed by atoms with Crippen molar-refractivity contribution in [3.05, 3.63) is 94.5 Å². The number of esters is 1. The highest BCUT2D eigenvalue weighted by Gasteiger charge is 2.88. The SMILES string of the molecule is COC(=O)[C@@H]1[C@@H](c2ccccc2)[C@]2(c3ccc(OC)cc3)Oc3cc(C)cc(C)c3[C@@]23N=C2CCCN2[C@@]13O. The molecule has 39 heavy (non-hydrogen) atoms. The van der Waals surface area contributed by atoms with Gasteiger partial charge in [-0.2, -0.15) is 0 Å². The summed E-state index contributed by atoms with van der Waals surface area (Å²) in [5.74, 6) is 0.150. The third kappa shape index (κ3) is 2.71. The summed E-state index contributed by atoms with van der Waals surface area (Å²) >= 11 is 0. The Bertz CT molecular complexity index is 1520. The molecule has 0 unspecified atom stereocenters. The molecule has 7 nitrogen and oxygen atoms in total. The number of carbonyl (C=O) groups is 1. The van der Waals surface area contributed by atoms with Crippen molar-refractivity contribution in [3.8, 4) is 11.5 Å². The van der Waals surface area contributed by atoms with E-state index in [1.165, 1.54) is 7.11 Å². The smallest absolute Gasteiger partial charge is 0.314 e. The first-order valence-electron chi connectivity index (χ1n) is 13.5. The maximum absolute atomic E-state index is 14.0. The average Bonchev–Trinajstić information content (AvgIpc) is 3.63. The summed E-state index contributed by atoms with van der Waals surface area (Å²) in [6, 6.07) is 21.8. The number of hydrogen-bond acceptors (Lipinski definition) is 7. The van der Waals surface area contributed by atoms with Gasteiger partial charge in [0.1, 0.15) is 23.3 Å². The topological polar surface area (TPSA) is 80.6 Å². The lowest BCUT2D eigenvalue weighted by Gasteiger charge is -2.44. The second-order valence-electron chi connectivity index (χ2n) is 11.1. The Morgan fingerprint density at radius 3 is 2.51 bits per heavy atom. The monoisotopic (exact) mass is 524 g/mol. The Balaban J connectivity index is 1.66. The molecule has 3 aromatic carbocycles. The molecular weight excluding hydrogens is 492 g/mol. The number of methoxy groups -OCH3 is 2. The molecule has 3 aromatic rings. The number of carbonyl (C=O) groups excluding carboxylic acids is 1. The lowest BCUT2D eigenvalue weighted by molar-refractivity contribution is -0.175. The Labute approximate surface area is 228 Å². The normalized spacial score (nSPS) is 31.6. The van der Waals surface area contributed by atoms with Gasteiger partial charge in [0.05, 0.1) is 14.2 Å². The van der Waals surface area contributed by atoms with Gasteiger partial charge in [0.15, 0.2) is 16.9 Å². The molecule has 3 aliphatic heterocycles. The number of amidine groups is 1. The maximum Gasteiger partial charge on any atom is 0.314 e. The van der Waals surface area contributed by atoms with E-state index in [4.69, 9.17) is 19.2 Å². The van der Waals surface area contributed by atoms with Crippen LogP contribution in [0.25, 0.3) is 0 Å². The molecule has 0 radical (unpaired) electrons. The van der Waals surface area contributed by atoms with Crippen LogP contribution in [0.4, 0.5) is 0 Å². The molecule has 3 heterocycles. The number of ether oxygens (including phenoxy) is 3. The fraction of sp³-hybridized carbons (Fsp3) is 0.375. The third-order valence-electron chi connectivity index (χ3n) is 9.29. The Hall–Kier alpha value is -3.84. The summed E-state index contributed by atoms with van der Waals surface area (Å²) in [5.41, 5.74) is 0.302. The Morgan fingerprint density at radius 2 is 1.82 bits per heavy atom. The molecule has 2 fully saturated rings. The molecule has 0 aromatic heterocycles. The van der Waals surface area contributed by atoms with Gasteiger partial charge in [-0.05, 0) is 60.7 Å². The molecule has 1 saturated heterocycles. The van der Waals surface area contributed by atoms with Crippen molar-refractivity contribution in [3.63, 3.8) is 0 Å². The molecule has 1 aliphatic carbocycles. The van der Waals surface area contributed by atoms with Gasteiger partial charge in [0.25, 0.3) is 0 Å². The predicted octanol–water partition coefficient (Wildman–Crippen LogP) is 4.58. The van der Waals surface area contributed by atoms with Crippen molar-refractivity contribution in [2.75, 3.05) is 20.8 Å². The molecule has 0 bridgehead atoms. The van der Waals surface area contributed by atoms with Crippen LogP contribution >= 0.6 is 0 Å². The number of hydrogen-bond donors (Lipinski definition) is 1. The second-order valence-corrected chi connectivity index (χ2v) is 11.1. The number of fused-ring (bicyclic) bond motifs is 3. The average molecular weight is 525 g/mol. The summed E-state index contributed by atoms with van der Waals surface area (Å²) in [6.07, 6.45) is 1.59. The zero-order valence-electron chi connectivity index (χ0n) is 22.6. The molecule has 4 aliphatic rings. The summed E-state index contributed by atoms with van der Waals surface area (Å²) in [7, 11) is 3.02. The minimum atomic E-state index is -1.71. The molecule has 7 heteroatoms. The van der Waals surface area contributed by atoms with Crippen molar-refractivity contribution < 1.29 is 24.1 Å². The highest BCUT2D eigenvalue weighted by molar-refractivity contribution is 5.92. The van der Waals surface area contributed by atoms with Crippen LogP contribution in [0, 0.1) is 19.8 Å². The van der Waals surface area contributed by atoms with E-state index in [0.717, 1.165) is 46.5 Å². The van der Waals surface area contributed by atoms with Gasteiger partial charge in [-0.3, -0.25) is 9.79 Å². The summed E-state index contributed by atoms with van der Waals surface area (Å²) < 4.78 is 18.2. The van der Waals surface area contributed by atoms with Gasteiger partial charge in [-0.15, -0.1) is 0 Å². The molecule has 5 atom stereocenters. The number of aliphatic hydroxyl groups is 1. The largest absolute Gasteiger partial charge is 0.497 e. The van der Waals surface area contributed by atoms with Gasteiger partial charge in [-0.25, -0.2) is 0 Å². The van der Waals surface area contributed by atoms with Crippen LogP contribution in [-0.4, -0.2) is 48.3 Å². The molecular formula is C32H32N2O5. The molecule has 200 valence electrons. The Kier molecular flexibility index (Phi) is 5.02. The molecule has 1 saturated carbocycles. The first kappa shape index (κ1) is 24.2. The molecule has 0 amide bonds. The van der Waals surface area contributed by atoms with Gasteiger partial charge in [0.2, 0.25) is 0 Å². The van der Waals surface area contributed by atoms with Crippen LogP contribution in [0.1, 0.15) is 46.6 Å². The highest BCUT2D eigenvalue weighted by atomic mass is 16.5. The number of nitrogens with zero attached hydrogens (tertiary/aromatic N) is 2. The van der Waals surface area contributed by atoms with Crippen molar-refractivity contribution in [1.82, 2.24) is 4.90 Å². The van der Waals surface area contributed by atoms with Crippen LogP contribution in [0.2, 0.25) is 0 Å². The van der Waals surface area contributed by atoms with E-state index >= 15 is 0 Å². The highest BCUT2D eigenvalue weighted by Crippen LogP contribution is 2.76. The van der Waals surface area contributed by atoms with E-state index in [-0.39, 0.29) is 0 Å².